The minimum absolute atomic E-state index is 0.375. The van der Waals surface area contributed by atoms with E-state index in [9.17, 15) is 21.6 Å². The van der Waals surface area contributed by atoms with E-state index >= 15 is 0 Å². The van der Waals surface area contributed by atoms with Gasteiger partial charge in [-0.25, -0.2) is 0 Å². The Kier molecular flexibility index (Phi) is 4.57. The van der Waals surface area contributed by atoms with Crippen LogP contribution in [0.3, 0.4) is 0 Å². The number of halogens is 3. The molecule has 7 rings (SSSR count). The van der Waals surface area contributed by atoms with Gasteiger partial charge in [0.05, 0.1) is 0 Å². The Balaban J connectivity index is 1.67. The third-order valence-corrected chi connectivity index (χ3v) is 8.93. The van der Waals surface area contributed by atoms with Crippen LogP contribution >= 0.6 is 11.3 Å². The third kappa shape index (κ3) is 3.15. The molecule has 0 aliphatic rings. The summed E-state index contributed by atoms with van der Waals surface area (Å²) in [6, 6.07) is 28.9. The van der Waals surface area contributed by atoms with Crippen molar-refractivity contribution in [2.75, 3.05) is 0 Å². The molecule has 0 aliphatic heterocycles. The monoisotopic (exact) mass is 532 g/mol. The summed E-state index contributed by atoms with van der Waals surface area (Å²) in [5.41, 5.74) is -5.51. The Morgan fingerprint density at radius 2 is 1.08 bits per heavy atom. The first-order valence-corrected chi connectivity index (χ1v) is 13.6. The van der Waals surface area contributed by atoms with Gasteiger partial charge in [0.25, 0.3) is 0 Å². The van der Waals surface area contributed by atoms with Crippen LogP contribution in [0.2, 0.25) is 0 Å². The van der Waals surface area contributed by atoms with E-state index in [1.807, 2.05) is 42.5 Å². The van der Waals surface area contributed by atoms with Crippen LogP contribution in [-0.2, 0) is 10.1 Å². The van der Waals surface area contributed by atoms with E-state index in [-0.39, 0.29) is 5.75 Å². The first kappa shape index (κ1) is 22.3. The summed E-state index contributed by atoms with van der Waals surface area (Å²) in [4.78, 5) is 0. The summed E-state index contributed by atoms with van der Waals surface area (Å²) in [6.07, 6.45) is 0. The molecule has 3 nitrogen and oxygen atoms in total. The number of alkyl halides is 3. The fraction of sp³-hybridized carbons (Fsp3) is 0.0345. The van der Waals surface area contributed by atoms with Crippen LogP contribution < -0.4 is 4.18 Å². The first-order chi connectivity index (χ1) is 17.7. The Morgan fingerprint density at radius 3 is 1.65 bits per heavy atom. The van der Waals surface area contributed by atoms with Crippen LogP contribution in [0.15, 0.2) is 91.0 Å². The second kappa shape index (κ2) is 7.57. The molecule has 0 aliphatic carbocycles. The summed E-state index contributed by atoms with van der Waals surface area (Å²) in [5, 5.41) is 10.5. The van der Waals surface area contributed by atoms with Crippen molar-refractivity contribution in [3.05, 3.63) is 91.0 Å². The molecule has 0 bridgehead atoms. The van der Waals surface area contributed by atoms with Crippen molar-refractivity contribution in [2.24, 2.45) is 0 Å². The van der Waals surface area contributed by atoms with Gasteiger partial charge >= 0.3 is 15.6 Å². The average molecular weight is 533 g/mol. The molecule has 0 unspecified atom stereocenters. The van der Waals surface area contributed by atoms with Crippen LogP contribution in [0.5, 0.6) is 5.75 Å². The van der Waals surface area contributed by atoms with Crippen LogP contribution in [-0.4, -0.2) is 13.9 Å². The zero-order valence-corrected chi connectivity index (χ0v) is 20.5. The van der Waals surface area contributed by atoms with E-state index < -0.39 is 15.6 Å². The fourth-order valence-electron chi connectivity index (χ4n) is 5.32. The zero-order valence-electron chi connectivity index (χ0n) is 18.8. The molecule has 0 N–H and O–H groups in total. The van der Waals surface area contributed by atoms with Crippen LogP contribution in [0.1, 0.15) is 0 Å². The molecule has 0 spiro atoms. The summed E-state index contributed by atoms with van der Waals surface area (Å²) < 4.78 is 68.0. The molecule has 182 valence electrons. The van der Waals surface area contributed by atoms with Gasteiger partial charge in [-0.15, -0.1) is 11.3 Å². The lowest BCUT2D eigenvalue weighted by Crippen LogP contribution is -2.27. The number of hydrogen-bond donors (Lipinski definition) is 0. The maximum Gasteiger partial charge on any atom is 0.534 e. The summed E-state index contributed by atoms with van der Waals surface area (Å²) in [6.45, 7) is 0. The highest BCUT2D eigenvalue weighted by molar-refractivity contribution is 7.88. The smallest absolute Gasteiger partial charge is 0.376 e. The molecule has 0 saturated heterocycles. The Morgan fingerprint density at radius 1 is 0.595 bits per heavy atom. The molecule has 0 amide bonds. The Hall–Kier alpha value is -3.88. The highest BCUT2D eigenvalue weighted by Crippen LogP contribution is 2.49. The number of hydrogen-bond acceptors (Lipinski definition) is 4. The third-order valence-electron chi connectivity index (χ3n) is 6.78. The lowest BCUT2D eigenvalue weighted by Gasteiger charge is -2.14. The van der Waals surface area contributed by atoms with Gasteiger partial charge in [0.2, 0.25) is 0 Å². The van der Waals surface area contributed by atoms with Gasteiger partial charge in [0, 0.05) is 25.6 Å². The minimum Gasteiger partial charge on any atom is -0.376 e. The van der Waals surface area contributed by atoms with Gasteiger partial charge in [-0.3, -0.25) is 0 Å². The lowest BCUT2D eigenvalue weighted by molar-refractivity contribution is -0.0500. The number of benzene rings is 6. The minimum atomic E-state index is -5.77. The number of thiophene rings is 1. The van der Waals surface area contributed by atoms with E-state index in [2.05, 4.69) is 34.5 Å². The molecule has 1 aromatic heterocycles. The van der Waals surface area contributed by atoms with Crippen molar-refractivity contribution >= 4 is 84.7 Å². The van der Waals surface area contributed by atoms with Crippen molar-refractivity contribution in [1.82, 2.24) is 0 Å². The molecule has 0 fully saturated rings. The Bertz CT molecular complexity index is 2180. The SMILES string of the molecule is O=S(=O)(Oc1ccc2c(c1)sc1c2c2ccccc2c2c3ccccc3c3ccccc3c12)C(F)(F)F. The van der Waals surface area contributed by atoms with Crippen LogP contribution in [0.25, 0.3) is 63.3 Å². The predicted molar refractivity (Wildman–Crippen MR) is 145 cm³/mol. The van der Waals surface area contributed by atoms with Crippen molar-refractivity contribution in [2.45, 2.75) is 5.51 Å². The van der Waals surface area contributed by atoms with Crippen molar-refractivity contribution in [3.8, 4) is 5.75 Å². The standard InChI is InChI=1S/C29H15F3O3S2/c30-29(31,32)37(33,34)35-16-13-14-23-24(15-16)36-28-26(23)22-12-6-5-11-21(22)25-19-9-3-1-7-17(19)18-8-2-4-10-20(18)27(25)28/h1-15H. The maximum atomic E-state index is 12.9. The predicted octanol–water partition coefficient (Wildman–Crippen LogP) is 8.90. The van der Waals surface area contributed by atoms with Crippen LogP contribution in [0, 0.1) is 0 Å². The van der Waals surface area contributed by atoms with Crippen molar-refractivity contribution in [3.63, 3.8) is 0 Å². The summed E-state index contributed by atoms with van der Waals surface area (Å²) >= 11 is 1.42. The molecule has 0 saturated carbocycles. The molecule has 6 aromatic carbocycles. The average Bonchev–Trinajstić information content (AvgIpc) is 3.26. The van der Waals surface area contributed by atoms with Gasteiger partial charge in [0.15, 0.2) is 0 Å². The number of rotatable bonds is 2. The lowest BCUT2D eigenvalue weighted by atomic mass is 9.89. The van der Waals surface area contributed by atoms with Crippen molar-refractivity contribution < 1.29 is 25.8 Å². The van der Waals surface area contributed by atoms with Gasteiger partial charge < -0.3 is 4.18 Å². The quantitative estimate of drug-likeness (QED) is 0.127. The largest absolute Gasteiger partial charge is 0.534 e. The number of fused-ring (bicyclic) bond motifs is 13. The molecule has 8 heteroatoms. The van der Waals surface area contributed by atoms with E-state index in [4.69, 9.17) is 0 Å². The molecule has 1 heterocycles. The second-order valence-corrected chi connectivity index (χ2v) is 11.4. The highest BCUT2D eigenvalue weighted by atomic mass is 32.2. The van der Waals surface area contributed by atoms with Gasteiger partial charge in [-0.1, -0.05) is 72.8 Å². The summed E-state index contributed by atoms with van der Waals surface area (Å²) in [5.74, 6) is -0.375. The molecule has 0 radical (unpaired) electrons. The molecule has 7 aromatic rings. The molecular weight excluding hydrogens is 517 g/mol. The van der Waals surface area contributed by atoms with Crippen molar-refractivity contribution in [1.29, 1.82) is 0 Å². The molecule has 37 heavy (non-hydrogen) atoms. The van der Waals surface area contributed by atoms with Crippen LogP contribution in [0.4, 0.5) is 13.2 Å². The Labute approximate surface area is 212 Å². The molecule has 0 atom stereocenters. The zero-order chi connectivity index (χ0) is 25.5. The molecular formula is C29H15F3O3S2. The van der Waals surface area contributed by atoms with Gasteiger partial charge in [0.1, 0.15) is 5.75 Å². The fourth-order valence-corrected chi connectivity index (χ4v) is 7.08. The highest BCUT2D eigenvalue weighted by Gasteiger charge is 2.48. The van der Waals surface area contributed by atoms with E-state index in [0.29, 0.717) is 4.70 Å². The second-order valence-electron chi connectivity index (χ2n) is 8.83. The van der Waals surface area contributed by atoms with Gasteiger partial charge in [-0.2, -0.15) is 21.6 Å². The van der Waals surface area contributed by atoms with E-state index in [0.717, 1.165) is 58.6 Å². The normalized spacial score (nSPS) is 12.9. The summed E-state index contributed by atoms with van der Waals surface area (Å²) in [7, 11) is -5.77. The van der Waals surface area contributed by atoms with E-state index in [1.54, 1.807) is 6.07 Å². The van der Waals surface area contributed by atoms with Gasteiger partial charge in [-0.05, 0) is 55.9 Å². The topological polar surface area (TPSA) is 43.4 Å². The first-order valence-electron chi connectivity index (χ1n) is 11.4. The van der Waals surface area contributed by atoms with E-state index in [1.165, 1.54) is 23.5 Å². The maximum absolute atomic E-state index is 12.9.